The van der Waals surface area contributed by atoms with Crippen molar-refractivity contribution in [3.63, 3.8) is 0 Å². The maximum absolute atomic E-state index is 5.42. The number of aromatic nitrogens is 1. The van der Waals surface area contributed by atoms with Gasteiger partial charge in [-0.15, -0.1) is 0 Å². The first-order chi connectivity index (χ1) is 13.0. The standard InChI is InChI=1S/C23H26N2O2/c1-7-21(25-27-6)20-13-16(4)24-23-18(20)9-8-10-19(23)22-14(2)11-17(26-5)12-15(22)3/h8-13H,7H2,1-6H3/b25-21+. The Labute approximate surface area is 160 Å². The molecule has 0 saturated heterocycles. The SMILES string of the molecule is CC/C(=N\OC)c1cc(C)nc2c(-c3c(C)cc(OC)cc3C)cccc12. The molecule has 4 heteroatoms. The summed E-state index contributed by atoms with van der Waals surface area (Å²) in [6.45, 7) is 8.34. The summed E-state index contributed by atoms with van der Waals surface area (Å²) in [6, 6.07) is 12.6. The number of rotatable bonds is 5. The van der Waals surface area contributed by atoms with E-state index < -0.39 is 0 Å². The summed E-state index contributed by atoms with van der Waals surface area (Å²) >= 11 is 0. The van der Waals surface area contributed by atoms with Gasteiger partial charge in [-0.3, -0.25) is 4.98 Å². The van der Waals surface area contributed by atoms with Gasteiger partial charge in [0.15, 0.2) is 0 Å². The zero-order chi connectivity index (χ0) is 19.6. The molecule has 4 nitrogen and oxygen atoms in total. The summed E-state index contributed by atoms with van der Waals surface area (Å²) in [5, 5.41) is 5.32. The fraction of sp³-hybridized carbons (Fsp3) is 0.304. The number of nitrogens with zero attached hydrogens (tertiary/aromatic N) is 2. The number of aryl methyl sites for hydroxylation is 3. The molecule has 0 aliphatic carbocycles. The van der Waals surface area contributed by atoms with Crippen LogP contribution >= 0.6 is 0 Å². The van der Waals surface area contributed by atoms with E-state index in [9.17, 15) is 0 Å². The predicted molar refractivity (Wildman–Crippen MR) is 112 cm³/mol. The van der Waals surface area contributed by atoms with Gasteiger partial charge >= 0.3 is 0 Å². The number of oxime groups is 1. The number of hydrogen-bond donors (Lipinski definition) is 0. The van der Waals surface area contributed by atoms with Crippen LogP contribution in [0.4, 0.5) is 0 Å². The second kappa shape index (κ2) is 7.78. The lowest BCUT2D eigenvalue weighted by Crippen LogP contribution is -2.04. The van der Waals surface area contributed by atoms with Crippen molar-refractivity contribution in [1.82, 2.24) is 4.98 Å². The highest BCUT2D eigenvalue weighted by molar-refractivity contribution is 6.12. The molecular formula is C23H26N2O2. The van der Waals surface area contributed by atoms with E-state index in [-0.39, 0.29) is 0 Å². The van der Waals surface area contributed by atoms with Crippen LogP contribution in [0.1, 0.15) is 35.7 Å². The molecule has 0 unspecified atom stereocenters. The van der Waals surface area contributed by atoms with Crippen LogP contribution < -0.4 is 4.74 Å². The molecule has 0 aliphatic rings. The Morgan fingerprint density at radius 3 is 2.33 bits per heavy atom. The maximum atomic E-state index is 5.42. The van der Waals surface area contributed by atoms with Gasteiger partial charge in [0.05, 0.1) is 18.3 Å². The van der Waals surface area contributed by atoms with Crippen LogP contribution in [0.3, 0.4) is 0 Å². The van der Waals surface area contributed by atoms with Gasteiger partial charge in [-0.2, -0.15) is 0 Å². The van der Waals surface area contributed by atoms with Crippen molar-refractivity contribution in [3.05, 3.63) is 58.8 Å². The average molecular weight is 362 g/mol. The first-order valence-corrected chi connectivity index (χ1v) is 9.16. The minimum Gasteiger partial charge on any atom is -0.497 e. The van der Waals surface area contributed by atoms with E-state index in [2.05, 4.69) is 62.3 Å². The van der Waals surface area contributed by atoms with Crippen molar-refractivity contribution >= 4 is 16.6 Å². The molecule has 140 valence electrons. The van der Waals surface area contributed by atoms with Crippen LogP contribution in [0.25, 0.3) is 22.0 Å². The van der Waals surface area contributed by atoms with Crippen LogP contribution in [0, 0.1) is 20.8 Å². The minimum absolute atomic E-state index is 0.789. The molecule has 0 saturated carbocycles. The van der Waals surface area contributed by atoms with Crippen molar-refractivity contribution in [2.45, 2.75) is 34.1 Å². The highest BCUT2D eigenvalue weighted by Crippen LogP contribution is 2.36. The maximum Gasteiger partial charge on any atom is 0.119 e. The van der Waals surface area contributed by atoms with E-state index in [0.717, 1.165) is 45.6 Å². The van der Waals surface area contributed by atoms with Gasteiger partial charge in [0, 0.05) is 22.2 Å². The first kappa shape index (κ1) is 18.9. The summed E-state index contributed by atoms with van der Waals surface area (Å²) in [5.74, 6) is 0.874. The minimum atomic E-state index is 0.789. The normalized spacial score (nSPS) is 11.7. The Kier molecular flexibility index (Phi) is 5.45. The molecule has 0 bridgehead atoms. The lowest BCUT2D eigenvalue weighted by molar-refractivity contribution is 0.213. The van der Waals surface area contributed by atoms with Gasteiger partial charge in [-0.25, -0.2) is 0 Å². The van der Waals surface area contributed by atoms with Crippen molar-refractivity contribution in [2.75, 3.05) is 14.2 Å². The Bertz CT molecular complexity index is 999. The topological polar surface area (TPSA) is 43.7 Å². The van der Waals surface area contributed by atoms with Gasteiger partial charge in [-0.1, -0.05) is 30.3 Å². The molecule has 3 rings (SSSR count). The molecule has 2 aromatic carbocycles. The predicted octanol–water partition coefficient (Wildman–Crippen LogP) is 5.60. The van der Waals surface area contributed by atoms with Crippen LogP contribution in [-0.2, 0) is 4.84 Å². The van der Waals surface area contributed by atoms with Crippen LogP contribution in [0.5, 0.6) is 5.75 Å². The smallest absolute Gasteiger partial charge is 0.119 e. The first-order valence-electron chi connectivity index (χ1n) is 9.16. The molecule has 0 fully saturated rings. The lowest BCUT2D eigenvalue weighted by atomic mass is 9.91. The van der Waals surface area contributed by atoms with Gasteiger partial charge in [0.25, 0.3) is 0 Å². The molecule has 0 amide bonds. The van der Waals surface area contributed by atoms with Crippen molar-refractivity contribution in [1.29, 1.82) is 0 Å². The highest BCUT2D eigenvalue weighted by Gasteiger charge is 2.16. The lowest BCUT2D eigenvalue weighted by Gasteiger charge is -2.16. The van der Waals surface area contributed by atoms with Gasteiger partial charge in [-0.05, 0) is 62.1 Å². The third kappa shape index (κ3) is 3.52. The van der Waals surface area contributed by atoms with Crippen LogP contribution in [0.2, 0.25) is 0 Å². The van der Waals surface area contributed by atoms with E-state index in [0.29, 0.717) is 0 Å². The van der Waals surface area contributed by atoms with E-state index in [1.165, 1.54) is 16.7 Å². The number of pyridine rings is 1. The molecule has 0 atom stereocenters. The van der Waals surface area contributed by atoms with E-state index in [1.807, 2.05) is 6.92 Å². The fourth-order valence-corrected chi connectivity index (χ4v) is 3.70. The Morgan fingerprint density at radius 2 is 1.74 bits per heavy atom. The molecule has 3 aromatic rings. The Hall–Kier alpha value is -2.88. The molecule has 0 N–H and O–H groups in total. The van der Waals surface area contributed by atoms with Gasteiger partial charge < -0.3 is 9.57 Å². The van der Waals surface area contributed by atoms with Gasteiger partial charge in [0.1, 0.15) is 12.9 Å². The number of benzene rings is 2. The summed E-state index contributed by atoms with van der Waals surface area (Å²) < 4.78 is 5.42. The average Bonchev–Trinajstić information content (AvgIpc) is 2.65. The molecule has 0 radical (unpaired) electrons. The van der Waals surface area contributed by atoms with Crippen molar-refractivity contribution in [2.24, 2.45) is 5.16 Å². The third-order valence-corrected chi connectivity index (χ3v) is 4.83. The molecule has 0 aliphatic heterocycles. The Morgan fingerprint density at radius 1 is 1.04 bits per heavy atom. The fourth-order valence-electron chi connectivity index (χ4n) is 3.70. The summed E-state index contributed by atoms with van der Waals surface area (Å²) in [6.07, 6.45) is 0.789. The summed E-state index contributed by atoms with van der Waals surface area (Å²) in [4.78, 5) is 9.96. The van der Waals surface area contributed by atoms with E-state index in [1.54, 1.807) is 14.2 Å². The molecule has 1 aromatic heterocycles. The van der Waals surface area contributed by atoms with E-state index >= 15 is 0 Å². The monoisotopic (exact) mass is 362 g/mol. The van der Waals surface area contributed by atoms with Crippen molar-refractivity contribution < 1.29 is 9.57 Å². The zero-order valence-corrected chi connectivity index (χ0v) is 16.9. The quantitative estimate of drug-likeness (QED) is 0.438. The Balaban J connectivity index is 2.35. The van der Waals surface area contributed by atoms with Crippen molar-refractivity contribution in [3.8, 4) is 16.9 Å². The largest absolute Gasteiger partial charge is 0.497 e. The number of fused-ring (bicyclic) bond motifs is 1. The molecular weight excluding hydrogens is 336 g/mol. The van der Waals surface area contributed by atoms with Gasteiger partial charge in [0.2, 0.25) is 0 Å². The van der Waals surface area contributed by atoms with E-state index in [4.69, 9.17) is 14.6 Å². The molecule has 27 heavy (non-hydrogen) atoms. The highest BCUT2D eigenvalue weighted by atomic mass is 16.6. The number of ether oxygens (including phenoxy) is 1. The second-order valence-electron chi connectivity index (χ2n) is 6.72. The van der Waals surface area contributed by atoms with Crippen LogP contribution in [0.15, 0.2) is 41.6 Å². The summed E-state index contributed by atoms with van der Waals surface area (Å²) in [7, 11) is 3.28. The molecule has 1 heterocycles. The number of para-hydroxylation sites is 1. The van der Waals surface area contributed by atoms with Crippen LogP contribution in [-0.4, -0.2) is 24.9 Å². The third-order valence-electron chi connectivity index (χ3n) is 4.83. The second-order valence-corrected chi connectivity index (χ2v) is 6.72. The number of hydrogen-bond acceptors (Lipinski definition) is 4. The zero-order valence-electron chi connectivity index (χ0n) is 16.9. The summed E-state index contributed by atoms with van der Waals surface area (Å²) in [5.41, 5.74) is 8.62. The number of methoxy groups -OCH3 is 1. The molecule has 0 spiro atoms.